The molecule has 27 heavy (non-hydrogen) atoms. The molecule has 0 atom stereocenters. The highest BCUT2D eigenvalue weighted by atomic mass is 19.1. The predicted octanol–water partition coefficient (Wildman–Crippen LogP) is 4.52. The Morgan fingerprint density at radius 1 is 1.07 bits per heavy atom. The molecule has 5 rings (SSSR count). The van der Waals surface area contributed by atoms with Crippen molar-refractivity contribution in [1.82, 2.24) is 19.6 Å². The number of aromatic nitrogens is 4. The number of oxazole rings is 1. The molecule has 8 heteroatoms. The molecule has 0 radical (unpaired) electrons. The van der Waals surface area contributed by atoms with Crippen molar-refractivity contribution >= 4 is 5.65 Å². The number of nitrogens with zero attached hydrogens (tertiary/aromatic N) is 4. The van der Waals surface area contributed by atoms with Crippen molar-refractivity contribution in [3.05, 3.63) is 60.1 Å². The molecule has 0 aliphatic heterocycles. The summed E-state index contributed by atoms with van der Waals surface area (Å²) in [4.78, 5) is 3.96. The van der Waals surface area contributed by atoms with Gasteiger partial charge in [-0.1, -0.05) is 6.92 Å². The minimum Gasteiger partial charge on any atom is -0.443 e. The van der Waals surface area contributed by atoms with E-state index in [0.29, 0.717) is 23.3 Å². The first kappa shape index (κ1) is 16.0. The first-order valence-corrected chi connectivity index (χ1v) is 8.40. The zero-order chi connectivity index (χ0) is 18.8. The van der Waals surface area contributed by atoms with Crippen LogP contribution in [-0.4, -0.2) is 19.6 Å². The first-order chi connectivity index (χ1) is 13.0. The van der Waals surface area contributed by atoms with Crippen LogP contribution in [0.15, 0.2) is 41.3 Å². The van der Waals surface area contributed by atoms with E-state index in [-0.39, 0.29) is 16.9 Å². The third kappa shape index (κ3) is 2.43. The van der Waals surface area contributed by atoms with Crippen molar-refractivity contribution in [3.63, 3.8) is 0 Å². The average Bonchev–Trinajstić information content (AvgIpc) is 3.05. The Labute approximate surface area is 151 Å². The fraction of sp³-hybridized carbons (Fsp3) is 0.211. The molecular weight excluding hydrogens is 357 g/mol. The van der Waals surface area contributed by atoms with E-state index >= 15 is 0 Å². The van der Waals surface area contributed by atoms with Gasteiger partial charge in [0.25, 0.3) is 0 Å². The van der Waals surface area contributed by atoms with Crippen molar-refractivity contribution in [2.75, 3.05) is 0 Å². The molecule has 1 aromatic carbocycles. The van der Waals surface area contributed by atoms with Gasteiger partial charge in [-0.05, 0) is 25.0 Å². The number of rotatable bonds is 3. The van der Waals surface area contributed by atoms with Crippen LogP contribution in [0, 0.1) is 17.5 Å². The molecule has 0 amide bonds. The lowest BCUT2D eigenvalue weighted by Crippen LogP contribution is -2.06. The summed E-state index contributed by atoms with van der Waals surface area (Å²) >= 11 is 0. The van der Waals surface area contributed by atoms with Crippen molar-refractivity contribution in [2.45, 2.75) is 25.2 Å². The van der Waals surface area contributed by atoms with Gasteiger partial charge < -0.3 is 4.42 Å². The Morgan fingerprint density at radius 2 is 1.81 bits per heavy atom. The molecule has 1 fully saturated rings. The van der Waals surface area contributed by atoms with E-state index < -0.39 is 23.0 Å². The fourth-order valence-electron chi connectivity index (χ4n) is 3.25. The van der Waals surface area contributed by atoms with Crippen LogP contribution in [0.2, 0.25) is 0 Å². The highest BCUT2D eigenvalue weighted by Gasteiger charge is 2.43. The Kier molecular flexibility index (Phi) is 3.22. The molecular formula is C19H13F3N4O. The monoisotopic (exact) mass is 370 g/mol. The molecule has 0 bridgehead atoms. The highest BCUT2D eigenvalue weighted by Crippen LogP contribution is 2.46. The molecule has 5 nitrogen and oxygen atoms in total. The number of halogens is 3. The lowest BCUT2D eigenvalue weighted by molar-refractivity contribution is 0.546. The Balaban J connectivity index is 1.68. The van der Waals surface area contributed by atoms with Crippen LogP contribution in [-0.2, 0) is 5.41 Å². The summed E-state index contributed by atoms with van der Waals surface area (Å²) in [6, 6.07) is 4.70. The maximum atomic E-state index is 14.2. The number of fused-ring (bicyclic) bond motifs is 1. The molecule has 0 unspecified atom stereocenters. The Hall–Kier alpha value is -3.16. The van der Waals surface area contributed by atoms with Gasteiger partial charge in [0.2, 0.25) is 0 Å². The van der Waals surface area contributed by atoms with E-state index in [9.17, 15) is 13.2 Å². The molecule has 0 spiro atoms. The van der Waals surface area contributed by atoms with Crippen LogP contribution in [0.25, 0.3) is 28.2 Å². The number of benzene rings is 1. The summed E-state index contributed by atoms with van der Waals surface area (Å²) in [5.74, 6) is -2.06. The van der Waals surface area contributed by atoms with E-state index in [1.807, 2.05) is 4.40 Å². The highest BCUT2D eigenvalue weighted by molar-refractivity contribution is 5.77. The van der Waals surface area contributed by atoms with Crippen molar-refractivity contribution in [3.8, 4) is 22.6 Å². The quantitative estimate of drug-likeness (QED) is 0.532. The van der Waals surface area contributed by atoms with E-state index in [2.05, 4.69) is 22.1 Å². The van der Waals surface area contributed by atoms with Gasteiger partial charge in [0.15, 0.2) is 17.8 Å². The normalized spacial score (nSPS) is 15.4. The third-order valence-corrected chi connectivity index (χ3v) is 5.02. The molecule has 3 aromatic heterocycles. The zero-order valence-corrected chi connectivity index (χ0v) is 14.2. The van der Waals surface area contributed by atoms with Gasteiger partial charge >= 0.3 is 0 Å². The number of hydrogen-bond donors (Lipinski definition) is 0. The maximum absolute atomic E-state index is 14.2. The smallest absolute Gasteiger partial charge is 0.182 e. The molecule has 0 N–H and O–H groups in total. The molecule has 1 saturated carbocycles. The van der Waals surface area contributed by atoms with Crippen LogP contribution in [0.5, 0.6) is 0 Å². The molecule has 3 heterocycles. The van der Waals surface area contributed by atoms with Gasteiger partial charge in [0.1, 0.15) is 29.0 Å². The van der Waals surface area contributed by atoms with Crippen LogP contribution < -0.4 is 0 Å². The van der Waals surface area contributed by atoms with Gasteiger partial charge in [-0.25, -0.2) is 18.2 Å². The Morgan fingerprint density at radius 3 is 2.52 bits per heavy atom. The zero-order valence-electron chi connectivity index (χ0n) is 14.2. The number of hydrogen-bond acceptors (Lipinski definition) is 4. The van der Waals surface area contributed by atoms with Crippen LogP contribution in [0.1, 0.15) is 25.6 Å². The minimum atomic E-state index is -1.04. The first-order valence-electron chi connectivity index (χ1n) is 8.40. The van der Waals surface area contributed by atoms with Gasteiger partial charge in [0, 0.05) is 29.3 Å². The van der Waals surface area contributed by atoms with Crippen LogP contribution in [0.3, 0.4) is 0 Å². The second-order valence-electron chi connectivity index (χ2n) is 7.00. The summed E-state index contributed by atoms with van der Waals surface area (Å²) in [5.41, 5.74) is 0.748. The molecule has 4 aromatic rings. The van der Waals surface area contributed by atoms with Gasteiger partial charge in [0.05, 0.1) is 5.56 Å². The number of pyridine rings is 1. The van der Waals surface area contributed by atoms with E-state index in [1.54, 1.807) is 18.3 Å². The fourth-order valence-corrected chi connectivity index (χ4v) is 3.25. The van der Waals surface area contributed by atoms with Gasteiger partial charge in [-0.3, -0.25) is 4.40 Å². The summed E-state index contributed by atoms with van der Waals surface area (Å²) in [6.45, 7) is 2.11. The molecule has 0 saturated heterocycles. The summed E-state index contributed by atoms with van der Waals surface area (Å²) < 4.78 is 48.9. The summed E-state index contributed by atoms with van der Waals surface area (Å²) in [7, 11) is 0. The SMILES string of the molecule is CC1(c2nnc3ccc(-c4ocnc4-c4c(F)cc(F)cc4F)cn23)CC1. The van der Waals surface area contributed by atoms with E-state index in [4.69, 9.17) is 4.42 Å². The third-order valence-electron chi connectivity index (χ3n) is 5.02. The standard InChI is InChI=1S/C19H13F3N4O/c1-19(4-5-19)18-25-24-14-3-2-10(8-26(14)18)17-16(23-9-27-17)15-12(21)6-11(20)7-13(15)22/h2-3,6-9H,4-5H2,1H3. The van der Waals surface area contributed by atoms with Crippen LogP contribution in [0.4, 0.5) is 13.2 Å². The topological polar surface area (TPSA) is 56.2 Å². The summed E-state index contributed by atoms with van der Waals surface area (Å²) in [5, 5.41) is 8.45. The predicted molar refractivity (Wildman–Crippen MR) is 90.4 cm³/mol. The molecule has 1 aliphatic carbocycles. The second kappa shape index (κ2) is 5.42. The largest absolute Gasteiger partial charge is 0.443 e. The second-order valence-corrected chi connectivity index (χ2v) is 7.00. The van der Waals surface area contributed by atoms with Crippen molar-refractivity contribution < 1.29 is 17.6 Å². The minimum absolute atomic E-state index is 0.0164. The molecule has 136 valence electrons. The maximum Gasteiger partial charge on any atom is 0.182 e. The van der Waals surface area contributed by atoms with E-state index in [0.717, 1.165) is 25.1 Å². The van der Waals surface area contributed by atoms with E-state index in [1.165, 1.54) is 0 Å². The van der Waals surface area contributed by atoms with Crippen LogP contribution >= 0.6 is 0 Å². The molecule has 1 aliphatic rings. The van der Waals surface area contributed by atoms with Crippen molar-refractivity contribution in [2.24, 2.45) is 0 Å². The van der Waals surface area contributed by atoms with Gasteiger partial charge in [-0.15, -0.1) is 10.2 Å². The lowest BCUT2D eigenvalue weighted by atomic mass is 10.1. The van der Waals surface area contributed by atoms with Gasteiger partial charge in [-0.2, -0.15) is 0 Å². The average molecular weight is 370 g/mol. The Bertz CT molecular complexity index is 1170. The summed E-state index contributed by atoms with van der Waals surface area (Å²) in [6.07, 6.45) is 4.92. The van der Waals surface area contributed by atoms with Crippen molar-refractivity contribution in [1.29, 1.82) is 0 Å². The lowest BCUT2D eigenvalue weighted by Gasteiger charge is -2.08.